The molecule has 27 heavy (non-hydrogen) atoms. The molecule has 0 atom stereocenters. The molecule has 0 bridgehead atoms. The number of carboxylic acids is 2. The SMILES string of the molecule is O=C1NC(=Nc2cc(C(=O)O)cc(C(=O)O)c2)S/C1=C\c1cccc(Cl)c1. The van der Waals surface area contributed by atoms with E-state index in [0.717, 1.165) is 23.4 Å². The molecule has 7 nitrogen and oxygen atoms in total. The maximum Gasteiger partial charge on any atom is 0.335 e. The molecule has 0 unspecified atom stereocenters. The minimum atomic E-state index is -1.27. The van der Waals surface area contributed by atoms with E-state index in [1.165, 1.54) is 12.1 Å². The number of aromatic carboxylic acids is 2. The molecule has 0 saturated carbocycles. The van der Waals surface area contributed by atoms with Crippen LogP contribution >= 0.6 is 23.4 Å². The van der Waals surface area contributed by atoms with Gasteiger partial charge in [-0.15, -0.1) is 0 Å². The Hall–Kier alpha value is -3.10. The van der Waals surface area contributed by atoms with Gasteiger partial charge in [-0.2, -0.15) is 0 Å². The maximum absolute atomic E-state index is 12.1. The number of amides is 1. The molecular formula is C18H11ClN2O5S. The molecule has 1 heterocycles. The van der Waals surface area contributed by atoms with Crippen LogP contribution in [0, 0.1) is 0 Å². The Labute approximate surface area is 162 Å². The van der Waals surface area contributed by atoms with Gasteiger partial charge in [0.25, 0.3) is 5.91 Å². The van der Waals surface area contributed by atoms with Gasteiger partial charge in [0.2, 0.25) is 0 Å². The Morgan fingerprint density at radius 2 is 1.74 bits per heavy atom. The molecular weight excluding hydrogens is 392 g/mol. The molecule has 0 spiro atoms. The fraction of sp³-hybridized carbons (Fsp3) is 0. The van der Waals surface area contributed by atoms with Gasteiger partial charge >= 0.3 is 11.9 Å². The molecule has 0 radical (unpaired) electrons. The van der Waals surface area contributed by atoms with Crippen LogP contribution in [-0.4, -0.2) is 33.2 Å². The van der Waals surface area contributed by atoms with Crippen molar-refractivity contribution in [1.29, 1.82) is 0 Å². The van der Waals surface area contributed by atoms with E-state index < -0.39 is 11.9 Å². The molecule has 2 aromatic carbocycles. The van der Waals surface area contributed by atoms with Crippen molar-refractivity contribution in [2.75, 3.05) is 0 Å². The van der Waals surface area contributed by atoms with Crippen LogP contribution in [0.15, 0.2) is 52.4 Å². The molecule has 136 valence electrons. The van der Waals surface area contributed by atoms with E-state index in [1.54, 1.807) is 30.3 Å². The highest BCUT2D eigenvalue weighted by Gasteiger charge is 2.24. The summed E-state index contributed by atoms with van der Waals surface area (Å²) >= 11 is 6.98. The predicted molar refractivity (Wildman–Crippen MR) is 103 cm³/mol. The molecule has 3 N–H and O–H groups in total. The van der Waals surface area contributed by atoms with Crippen molar-refractivity contribution in [1.82, 2.24) is 5.32 Å². The molecule has 2 aromatic rings. The molecule has 1 aliphatic rings. The van der Waals surface area contributed by atoms with Crippen molar-refractivity contribution in [2.45, 2.75) is 0 Å². The van der Waals surface area contributed by atoms with Gasteiger partial charge in [0.1, 0.15) is 0 Å². The average Bonchev–Trinajstić information content (AvgIpc) is 2.93. The third kappa shape index (κ3) is 4.55. The largest absolute Gasteiger partial charge is 0.478 e. The van der Waals surface area contributed by atoms with Crippen molar-refractivity contribution >= 4 is 58.1 Å². The fourth-order valence-corrected chi connectivity index (χ4v) is 3.31. The summed E-state index contributed by atoms with van der Waals surface area (Å²) < 4.78 is 0. The van der Waals surface area contributed by atoms with Gasteiger partial charge in [0.15, 0.2) is 5.17 Å². The van der Waals surface area contributed by atoms with E-state index >= 15 is 0 Å². The van der Waals surface area contributed by atoms with E-state index in [2.05, 4.69) is 10.3 Å². The Morgan fingerprint density at radius 3 is 2.33 bits per heavy atom. The van der Waals surface area contributed by atoms with Crippen molar-refractivity contribution in [3.8, 4) is 0 Å². The lowest BCUT2D eigenvalue weighted by Crippen LogP contribution is -2.19. The molecule has 9 heteroatoms. The lowest BCUT2D eigenvalue weighted by molar-refractivity contribution is -0.115. The lowest BCUT2D eigenvalue weighted by Gasteiger charge is -2.02. The Balaban J connectivity index is 1.92. The van der Waals surface area contributed by atoms with Gasteiger partial charge in [0, 0.05) is 5.02 Å². The summed E-state index contributed by atoms with van der Waals surface area (Å²) in [5.41, 5.74) is 0.429. The molecule has 1 saturated heterocycles. The zero-order valence-electron chi connectivity index (χ0n) is 13.5. The Kier molecular flexibility index (Phi) is 5.29. The number of nitrogens with one attached hydrogen (secondary N) is 1. The van der Waals surface area contributed by atoms with Crippen LogP contribution in [0.2, 0.25) is 5.02 Å². The number of aliphatic imine (C=N–C) groups is 1. The zero-order valence-corrected chi connectivity index (χ0v) is 15.0. The number of carboxylic acid groups (broad SMARTS) is 2. The molecule has 0 aliphatic carbocycles. The quantitative estimate of drug-likeness (QED) is 0.672. The first kappa shape index (κ1) is 18.7. The van der Waals surface area contributed by atoms with Crippen LogP contribution in [-0.2, 0) is 4.79 Å². The van der Waals surface area contributed by atoms with E-state index in [0.29, 0.717) is 9.93 Å². The summed E-state index contributed by atoms with van der Waals surface area (Å²) in [5.74, 6) is -2.92. The molecule has 1 fully saturated rings. The number of nitrogens with zero attached hydrogens (tertiary/aromatic N) is 1. The minimum Gasteiger partial charge on any atom is -0.478 e. The lowest BCUT2D eigenvalue weighted by atomic mass is 10.1. The van der Waals surface area contributed by atoms with Gasteiger partial charge in [-0.05, 0) is 53.7 Å². The second kappa shape index (κ2) is 7.65. The number of hydrogen-bond acceptors (Lipinski definition) is 5. The molecule has 1 aliphatic heterocycles. The monoisotopic (exact) mass is 402 g/mol. The second-order valence-corrected chi connectivity index (χ2v) is 6.88. The zero-order chi connectivity index (χ0) is 19.6. The maximum atomic E-state index is 12.1. The summed E-state index contributed by atoms with van der Waals surface area (Å²) in [5, 5.41) is 21.5. The summed E-state index contributed by atoms with van der Waals surface area (Å²) in [4.78, 5) is 39.0. The van der Waals surface area contributed by atoms with Crippen LogP contribution in [0.3, 0.4) is 0 Å². The molecule has 1 amide bonds. The Bertz CT molecular complexity index is 1000. The minimum absolute atomic E-state index is 0.110. The van der Waals surface area contributed by atoms with E-state index in [-0.39, 0.29) is 27.9 Å². The summed E-state index contributed by atoms with van der Waals surface area (Å²) in [6.45, 7) is 0. The summed E-state index contributed by atoms with van der Waals surface area (Å²) in [6.07, 6.45) is 1.64. The number of hydrogen-bond donors (Lipinski definition) is 3. The highest BCUT2D eigenvalue weighted by molar-refractivity contribution is 8.18. The second-order valence-electron chi connectivity index (χ2n) is 5.42. The number of rotatable bonds is 4. The van der Waals surface area contributed by atoms with Crippen LogP contribution in [0.5, 0.6) is 0 Å². The number of carbonyl (C=O) groups excluding carboxylic acids is 1. The van der Waals surface area contributed by atoms with E-state index in [4.69, 9.17) is 21.8 Å². The number of halogens is 1. The van der Waals surface area contributed by atoms with Crippen molar-refractivity contribution in [2.24, 2.45) is 4.99 Å². The number of amidine groups is 1. The van der Waals surface area contributed by atoms with Gasteiger partial charge in [-0.25, -0.2) is 14.6 Å². The summed E-state index contributed by atoms with van der Waals surface area (Å²) in [7, 11) is 0. The molecule has 3 rings (SSSR count). The third-order valence-electron chi connectivity index (χ3n) is 3.44. The van der Waals surface area contributed by atoms with Crippen LogP contribution in [0.1, 0.15) is 26.3 Å². The van der Waals surface area contributed by atoms with Crippen LogP contribution in [0.25, 0.3) is 6.08 Å². The number of thioether (sulfide) groups is 1. The number of benzene rings is 2. The van der Waals surface area contributed by atoms with Gasteiger partial charge in [-0.1, -0.05) is 23.7 Å². The third-order valence-corrected chi connectivity index (χ3v) is 4.58. The first-order chi connectivity index (χ1) is 12.8. The van der Waals surface area contributed by atoms with Crippen molar-refractivity contribution in [3.05, 3.63) is 69.1 Å². The van der Waals surface area contributed by atoms with Gasteiger partial charge in [-0.3, -0.25) is 4.79 Å². The van der Waals surface area contributed by atoms with E-state index in [9.17, 15) is 14.4 Å². The molecule has 0 aromatic heterocycles. The fourth-order valence-electron chi connectivity index (χ4n) is 2.27. The highest BCUT2D eigenvalue weighted by atomic mass is 35.5. The Morgan fingerprint density at radius 1 is 1.07 bits per heavy atom. The van der Waals surface area contributed by atoms with Crippen LogP contribution < -0.4 is 5.32 Å². The topological polar surface area (TPSA) is 116 Å². The standard InChI is InChI=1S/C18H11ClN2O5S/c19-12-3-1-2-9(4-12)5-14-15(22)21-18(27-14)20-13-7-10(16(23)24)6-11(8-13)17(25)26/h1-8H,(H,23,24)(H,25,26)(H,20,21,22)/b14-5-. The van der Waals surface area contributed by atoms with Gasteiger partial charge in [0.05, 0.1) is 21.7 Å². The number of carbonyl (C=O) groups is 3. The van der Waals surface area contributed by atoms with Crippen molar-refractivity contribution in [3.63, 3.8) is 0 Å². The first-order valence-electron chi connectivity index (χ1n) is 7.48. The highest BCUT2D eigenvalue weighted by Crippen LogP contribution is 2.29. The average molecular weight is 403 g/mol. The summed E-state index contributed by atoms with van der Waals surface area (Å²) in [6, 6.07) is 10.5. The van der Waals surface area contributed by atoms with E-state index in [1.807, 2.05) is 0 Å². The van der Waals surface area contributed by atoms with Crippen LogP contribution in [0.4, 0.5) is 5.69 Å². The van der Waals surface area contributed by atoms with Gasteiger partial charge < -0.3 is 15.5 Å². The van der Waals surface area contributed by atoms with Crippen molar-refractivity contribution < 1.29 is 24.6 Å². The normalized spacial score (nSPS) is 16.6. The smallest absolute Gasteiger partial charge is 0.335 e. The predicted octanol–water partition coefficient (Wildman–Crippen LogP) is 3.63. The first-order valence-corrected chi connectivity index (χ1v) is 8.68.